The predicted octanol–water partition coefficient (Wildman–Crippen LogP) is 4.48. The summed E-state index contributed by atoms with van der Waals surface area (Å²) in [6, 6.07) is 8.56. The maximum absolute atomic E-state index is 12.8. The molecule has 2 heteroatoms. The second-order valence-corrected chi connectivity index (χ2v) is 8.13. The Labute approximate surface area is 120 Å². The molecule has 19 heavy (non-hydrogen) atoms. The number of hydrogen-bond donors (Lipinski definition) is 0. The lowest BCUT2D eigenvalue weighted by atomic mass is 9.70. The minimum absolute atomic E-state index is 0.0972. The highest BCUT2D eigenvalue weighted by molar-refractivity contribution is 8.00. The lowest BCUT2D eigenvalue weighted by molar-refractivity contribution is -0.127. The topological polar surface area (TPSA) is 17.1 Å². The lowest BCUT2D eigenvalue weighted by Gasteiger charge is -2.32. The molecule has 102 valence electrons. The van der Waals surface area contributed by atoms with Crippen LogP contribution in [-0.4, -0.2) is 11.0 Å². The zero-order chi connectivity index (χ0) is 13.8. The van der Waals surface area contributed by atoms with Crippen molar-refractivity contribution in [1.82, 2.24) is 0 Å². The number of benzene rings is 1. The highest BCUT2D eigenvalue weighted by atomic mass is 32.2. The van der Waals surface area contributed by atoms with E-state index in [1.807, 2.05) is 0 Å². The average molecular weight is 274 g/mol. The van der Waals surface area contributed by atoms with Crippen LogP contribution in [0.25, 0.3) is 0 Å². The molecule has 0 N–H and O–H groups in total. The second kappa shape index (κ2) is 4.12. The molecule has 2 aliphatic carbocycles. The summed E-state index contributed by atoms with van der Waals surface area (Å²) < 4.78 is 0. The molecular weight excluding hydrogens is 252 g/mol. The summed E-state index contributed by atoms with van der Waals surface area (Å²) in [5, 5.41) is 0.163. The van der Waals surface area contributed by atoms with E-state index in [0.29, 0.717) is 11.7 Å². The Morgan fingerprint density at radius 3 is 2.32 bits per heavy atom. The van der Waals surface area contributed by atoms with Gasteiger partial charge in [0.05, 0.1) is 5.25 Å². The van der Waals surface area contributed by atoms with Crippen LogP contribution in [0.5, 0.6) is 0 Å². The SMILES string of the molecule is Cc1ccc(S[C@H]2C(=O)[C@]3(C)CC[C@@H]2C3(C)C)cc1. The predicted molar refractivity (Wildman–Crippen MR) is 80.4 cm³/mol. The third kappa shape index (κ3) is 1.72. The molecule has 2 aliphatic rings. The highest BCUT2D eigenvalue weighted by Gasteiger charge is 2.66. The fourth-order valence-electron chi connectivity index (χ4n) is 3.90. The van der Waals surface area contributed by atoms with Crippen LogP contribution < -0.4 is 0 Å². The first kappa shape index (κ1) is 13.2. The summed E-state index contributed by atoms with van der Waals surface area (Å²) in [6.45, 7) is 8.86. The van der Waals surface area contributed by atoms with Crippen molar-refractivity contribution in [2.24, 2.45) is 16.7 Å². The maximum atomic E-state index is 12.8. The minimum Gasteiger partial charge on any atom is -0.298 e. The quantitative estimate of drug-likeness (QED) is 0.791. The fourth-order valence-corrected chi connectivity index (χ4v) is 5.50. The van der Waals surface area contributed by atoms with Gasteiger partial charge in [0.2, 0.25) is 0 Å². The summed E-state index contributed by atoms with van der Waals surface area (Å²) in [5.41, 5.74) is 1.34. The molecule has 0 aromatic heterocycles. The number of carbonyl (C=O) groups is 1. The molecule has 0 radical (unpaired) electrons. The van der Waals surface area contributed by atoms with E-state index in [4.69, 9.17) is 0 Å². The first-order valence-electron chi connectivity index (χ1n) is 7.14. The molecule has 2 fully saturated rings. The minimum atomic E-state index is -0.0972. The van der Waals surface area contributed by atoms with Gasteiger partial charge in [0.1, 0.15) is 0 Å². The van der Waals surface area contributed by atoms with E-state index in [1.165, 1.54) is 16.9 Å². The molecule has 3 atom stereocenters. The molecule has 1 aromatic carbocycles. The van der Waals surface area contributed by atoms with Crippen molar-refractivity contribution in [3.8, 4) is 0 Å². The van der Waals surface area contributed by atoms with Gasteiger partial charge in [0.15, 0.2) is 5.78 Å². The van der Waals surface area contributed by atoms with Crippen molar-refractivity contribution in [1.29, 1.82) is 0 Å². The van der Waals surface area contributed by atoms with Crippen molar-refractivity contribution in [2.45, 2.75) is 50.7 Å². The number of ketones is 1. The van der Waals surface area contributed by atoms with Crippen molar-refractivity contribution >= 4 is 17.5 Å². The molecule has 1 aromatic rings. The number of rotatable bonds is 2. The number of carbonyl (C=O) groups excluding carboxylic acids is 1. The summed E-state index contributed by atoms with van der Waals surface area (Å²) in [6.07, 6.45) is 2.28. The molecule has 2 saturated carbocycles. The number of Topliss-reactive ketones (excluding diaryl/α,β-unsaturated/α-hetero) is 1. The van der Waals surface area contributed by atoms with Crippen LogP contribution in [0, 0.1) is 23.7 Å². The van der Waals surface area contributed by atoms with Crippen LogP contribution in [0.1, 0.15) is 39.2 Å². The van der Waals surface area contributed by atoms with Crippen LogP contribution in [0.3, 0.4) is 0 Å². The Morgan fingerprint density at radius 1 is 1.16 bits per heavy atom. The first-order valence-corrected chi connectivity index (χ1v) is 8.02. The normalized spacial score (nSPS) is 35.9. The van der Waals surface area contributed by atoms with Gasteiger partial charge in [-0.3, -0.25) is 4.79 Å². The monoisotopic (exact) mass is 274 g/mol. The molecular formula is C17H22OS. The Morgan fingerprint density at radius 2 is 1.79 bits per heavy atom. The summed E-state index contributed by atoms with van der Waals surface area (Å²) in [4.78, 5) is 14.0. The van der Waals surface area contributed by atoms with Gasteiger partial charge < -0.3 is 0 Å². The summed E-state index contributed by atoms with van der Waals surface area (Å²) in [7, 11) is 0. The number of fused-ring (bicyclic) bond motifs is 2. The van der Waals surface area contributed by atoms with Gasteiger partial charge >= 0.3 is 0 Å². The smallest absolute Gasteiger partial charge is 0.152 e. The highest BCUT2D eigenvalue weighted by Crippen LogP contribution is 2.66. The Kier molecular flexibility index (Phi) is 2.87. The lowest BCUT2D eigenvalue weighted by Crippen LogP contribution is -2.34. The molecule has 0 unspecified atom stereocenters. The van der Waals surface area contributed by atoms with Crippen LogP contribution in [0.15, 0.2) is 29.2 Å². The number of aryl methyl sites for hydroxylation is 1. The summed E-state index contributed by atoms with van der Waals surface area (Å²) >= 11 is 1.78. The molecule has 0 heterocycles. The van der Waals surface area contributed by atoms with Gasteiger partial charge in [-0.2, -0.15) is 0 Å². The second-order valence-electron chi connectivity index (χ2n) is 6.91. The van der Waals surface area contributed by atoms with Crippen molar-refractivity contribution in [2.75, 3.05) is 0 Å². The average Bonchev–Trinajstić information content (AvgIpc) is 2.66. The number of hydrogen-bond acceptors (Lipinski definition) is 2. The van der Waals surface area contributed by atoms with Crippen LogP contribution in [0.2, 0.25) is 0 Å². The van der Waals surface area contributed by atoms with Crippen molar-refractivity contribution in [3.05, 3.63) is 29.8 Å². The van der Waals surface area contributed by atoms with Crippen LogP contribution >= 0.6 is 11.8 Å². The number of thioether (sulfide) groups is 1. The van der Waals surface area contributed by atoms with E-state index in [2.05, 4.69) is 52.0 Å². The molecule has 0 spiro atoms. The molecule has 0 aliphatic heterocycles. The molecule has 3 rings (SSSR count). The van der Waals surface area contributed by atoms with Gasteiger partial charge in [-0.05, 0) is 43.2 Å². The van der Waals surface area contributed by atoms with E-state index in [1.54, 1.807) is 11.8 Å². The zero-order valence-corrected chi connectivity index (χ0v) is 13.0. The van der Waals surface area contributed by atoms with E-state index in [9.17, 15) is 4.79 Å². The largest absolute Gasteiger partial charge is 0.298 e. The van der Waals surface area contributed by atoms with Gasteiger partial charge in [0.25, 0.3) is 0 Å². The molecule has 2 bridgehead atoms. The van der Waals surface area contributed by atoms with E-state index in [-0.39, 0.29) is 16.1 Å². The van der Waals surface area contributed by atoms with Crippen LogP contribution in [0.4, 0.5) is 0 Å². The Balaban J connectivity index is 1.88. The molecule has 1 nitrogen and oxygen atoms in total. The first-order chi connectivity index (χ1) is 8.86. The third-order valence-electron chi connectivity index (χ3n) is 5.76. The maximum Gasteiger partial charge on any atom is 0.152 e. The van der Waals surface area contributed by atoms with E-state index in [0.717, 1.165) is 6.42 Å². The molecule has 0 saturated heterocycles. The van der Waals surface area contributed by atoms with Gasteiger partial charge in [-0.1, -0.05) is 38.5 Å². The fraction of sp³-hybridized carbons (Fsp3) is 0.588. The van der Waals surface area contributed by atoms with E-state index >= 15 is 0 Å². The van der Waals surface area contributed by atoms with Crippen molar-refractivity contribution in [3.63, 3.8) is 0 Å². The van der Waals surface area contributed by atoms with Gasteiger partial charge in [0, 0.05) is 10.3 Å². The van der Waals surface area contributed by atoms with Crippen LogP contribution in [-0.2, 0) is 4.79 Å². The Bertz CT molecular complexity index is 517. The Hall–Kier alpha value is -0.760. The summed E-state index contributed by atoms with van der Waals surface area (Å²) in [5.74, 6) is 1.02. The molecule has 0 amide bonds. The third-order valence-corrected chi connectivity index (χ3v) is 7.10. The van der Waals surface area contributed by atoms with Crippen molar-refractivity contribution < 1.29 is 4.79 Å². The zero-order valence-electron chi connectivity index (χ0n) is 12.2. The van der Waals surface area contributed by atoms with Gasteiger partial charge in [-0.25, -0.2) is 0 Å². The standard InChI is InChI=1S/C17H22OS/c1-11-5-7-12(8-6-11)19-14-13-9-10-17(4,15(14)18)16(13,2)3/h5-8,13-14H,9-10H2,1-4H3/t13-,14+,17-/m0/s1. The van der Waals surface area contributed by atoms with E-state index < -0.39 is 0 Å². The van der Waals surface area contributed by atoms with Gasteiger partial charge in [-0.15, -0.1) is 11.8 Å².